The fourth-order valence-corrected chi connectivity index (χ4v) is 2.32. The molecule has 0 aliphatic heterocycles. The van der Waals surface area contributed by atoms with Crippen LogP contribution in [0.2, 0.25) is 0 Å². The highest BCUT2D eigenvalue weighted by Crippen LogP contribution is 2.22. The van der Waals surface area contributed by atoms with Crippen molar-refractivity contribution < 1.29 is 9.90 Å². The number of nitrogens with one attached hydrogen (secondary N) is 2. The second-order valence-electron chi connectivity index (χ2n) is 4.64. The summed E-state index contributed by atoms with van der Waals surface area (Å²) in [6.45, 7) is 0. The monoisotopic (exact) mass is 270 g/mol. The highest BCUT2D eigenvalue weighted by atomic mass is 16.3. The van der Waals surface area contributed by atoms with Gasteiger partial charge in [0.25, 0.3) is 5.91 Å². The minimum atomic E-state index is -0.337. The van der Waals surface area contributed by atoms with Crippen LogP contribution in [0.5, 0.6) is 5.75 Å². The number of aromatic nitrogens is 2. The van der Waals surface area contributed by atoms with Crippen LogP contribution in [0.25, 0.3) is 0 Å². The Bertz CT molecular complexity index is 676. The maximum absolute atomic E-state index is 12.0. The number of H-pyrrole nitrogens is 1. The van der Waals surface area contributed by atoms with Gasteiger partial charge in [0, 0.05) is 16.8 Å². The molecular formula is C14H14N4O2. The molecule has 0 saturated heterocycles. The number of aryl methyl sites for hydroxylation is 1. The Balaban J connectivity index is 1.69. The molecule has 1 aliphatic carbocycles. The molecule has 1 aromatic heterocycles. The van der Waals surface area contributed by atoms with Gasteiger partial charge in [0.2, 0.25) is 0 Å². The molecular weight excluding hydrogens is 256 g/mol. The largest absolute Gasteiger partial charge is 0.507 e. The predicted octanol–water partition coefficient (Wildman–Crippen LogP) is 1.37. The van der Waals surface area contributed by atoms with Gasteiger partial charge in [-0.2, -0.15) is 10.2 Å². The van der Waals surface area contributed by atoms with E-state index in [1.54, 1.807) is 24.3 Å². The van der Waals surface area contributed by atoms with Crippen molar-refractivity contribution in [3.05, 3.63) is 46.8 Å². The number of amides is 1. The molecule has 3 N–H and O–H groups in total. The van der Waals surface area contributed by atoms with Gasteiger partial charge in [-0.1, -0.05) is 12.1 Å². The summed E-state index contributed by atoms with van der Waals surface area (Å²) in [6.07, 6.45) is 4.26. The van der Waals surface area contributed by atoms with Crippen LogP contribution in [0, 0.1) is 0 Å². The number of phenolic OH excluding ortho intramolecular Hbond substituents is 1. The Kier molecular flexibility index (Phi) is 3.20. The first-order valence-electron chi connectivity index (χ1n) is 6.43. The second-order valence-corrected chi connectivity index (χ2v) is 4.64. The minimum absolute atomic E-state index is 0.117. The predicted molar refractivity (Wildman–Crippen MR) is 73.8 cm³/mol. The number of hydrogen-bond acceptors (Lipinski definition) is 4. The summed E-state index contributed by atoms with van der Waals surface area (Å²) in [6, 6.07) is 6.77. The number of carbonyl (C=O) groups is 1. The van der Waals surface area contributed by atoms with Crippen LogP contribution < -0.4 is 5.43 Å². The molecule has 20 heavy (non-hydrogen) atoms. The van der Waals surface area contributed by atoms with Crippen molar-refractivity contribution in [2.45, 2.75) is 19.3 Å². The van der Waals surface area contributed by atoms with E-state index in [0.717, 1.165) is 30.5 Å². The van der Waals surface area contributed by atoms with E-state index in [1.165, 1.54) is 6.21 Å². The number of nitrogens with zero attached hydrogens (tertiary/aromatic N) is 2. The molecule has 6 heteroatoms. The molecule has 1 aromatic carbocycles. The van der Waals surface area contributed by atoms with Crippen molar-refractivity contribution >= 4 is 12.1 Å². The van der Waals surface area contributed by atoms with Crippen LogP contribution in [-0.2, 0) is 12.8 Å². The molecule has 0 bridgehead atoms. The molecule has 0 fully saturated rings. The summed E-state index contributed by atoms with van der Waals surface area (Å²) in [5.41, 5.74) is 5.41. The van der Waals surface area contributed by atoms with Gasteiger partial charge in [-0.05, 0) is 31.4 Å². The fraction of sp³-hybridized carbons (Fsp3) is 0.214. The van der Waals surface area contributed by atoms with E-state index in [1.807, 2.05) is 0 Å². The van der Waals surface area contributed by atoms with Gasteiger partial charge >= 0.3 is 0 Å². The molecule has 0 spiro atoms. The van der Waals surface area contributed by atoms with Gasteiger partial charge in [0.15, 0.2) is 5.69 Å². The maximum Gasteiger partial charge on any atom is 0.292 e. The zero-order valence-electron chi connectivity index (χ0n) is 10.8. The van der Waals surface area contributed by atoms with E-state index in [2.05, 4.69) is 20.7 Å². The number of carbonyl (C=O) groups excluding carboxylic acids is 1. The highest BCUT2D eigenvalue weighted by molar-refractivity contribution is 5.95. The lowest BCUT2D eigenvalue weighted by Crippen LogP contribution is -2.19. The van der Waals surface area contributed by atoms with E-state index in [9.17, 15) is 9.90 Å². The number of para-hydroxylation sites is 1. The maximum atomic E-state index is 12.0. The lowest BCUT2D eigenvalue weighted by molar-refractivity contribution is 0.0949. The van der Waals surface area contributed by atoms with Crippen molar-refractivity contribution in [3.8, 4) is 5.75 Å². The lowest BCUT2D eigenvalue weighted by Gasteiger charge is -1.99. The normalized spacial score (nSPS) is 13.6. The van der Waals surface area contributed by atoms with Crippen LogP contribution in [0.1, 0.15) is 33.7 Å². The van der Waals surface area contributed by atoms with Gasteiger partial charge in [-0.15, -0.1) is 0 Å². The minimum Gasteiger partial charge on any atom is -0.507 e. The summed E-state index contributed by atoms with van der Waals surface area (Å²) in [5.74, 6) is -0.220. The summed E-state index contributed by atoms with van der Waals surface area (Å²) < 4.78 is 0. The third-order valence-corrected chi connectivity index (χ3v) is 3.33. The number of aromatic amines is 1. The zero-order valence-corrected chi connectivity index (χ0v) is 10.8. The summed E-state index contributed by atoms with van der Waals surface area (Å²) >= 11 is 0. The van der Waals surface area contributed by atoms with E-state index in [-0.39, 0.29) is 11.7 Å². The third-order valence-electron chi connectivity index (χ3n) is 3.33. The van der Waals surface area contributed by atoms with Crippen LogP contribution in [0.15, 0.2) is 29.4 Å². The first-order valence-corrected chi connectivity index (χ1v) is 6.43. The van der Waals surface area contributed by atoms with E-state index in [4.69, 9.17) is 0 Å². The van der Waals surface area contributed by atoms with E-state index in [0.29, 0.717) is 11.3 Å². The average molecular weight is 270 g/mol. The third kappa shape index (κ3) is 2.27. The number of phenols is 1. The van der Waals surface area contributed by atoms with Crippen LogP contribution >= 0.6 is 0 Å². The standard InChI is InChI=1S/C14H14N4O2/c19-12-7-2-1-4-9(12)8-15-18-14(20)13-10-5-3-6-11(10)16-17-13/h1-2,4,7-8,19H,3,5-6H2,(H,16,17)(H,18,20). The number of fused-ring (bicyclic) bond motifs is 1. The Morgan fingerprint density at radius 2 is 2.25 bits per heavy atom. The van der Waals surface area contributed by atoms with E-state index >= 15 is 0 Å². The van der Waals surface area contributed by atoms with Crippen molar-refractivity contribution in [2.75, 3.05) is 0 Å². The fourth-order valence-electron chi connectivity index (χ4n) is 2.32. The SMILES string of the molecule is O=C(NN=Cc1ccccc1O)c1n[nH]c2c1CCC2. The molecule has 0 atom stereocenters. The Morgan fingerprint density at radius 3 is 3.10 bits per heavy atom. The van der Waals surface area contributed by atoms with Gasteiger partial charge in [0.05, 0.1) is 6.21 Å². The molecule has 1 amide bonds. The van der Waals surface area contributed by atoms with Crippen LogP contribution in [0.4, 0.5) is 0 Å². The number of aromatic hydroxyl groups is 1. The first kappa shape index (κ1) is 12.4. The molecule has 102 valence electrons. The topological polar surface area (TPSA) is 90.4 Å². The summed E-state index contributed by atoms with van der Waals surface area (Å²) in [4.78, 5) is 12.0. The Morgan fingerprint density at radius 1 is 1.40 bits per heavy atom. The zero-order chi connectivity index (χ0) is 13.9. The van der Waals surface area contributed by atoms with Crippen LogP contribution in [-0.4, -0.2) is 27.4 Å². The molecule has 6 nitrogen and oxygen atoms in total. The van der Waals surface area contributed by atoms with Gasteiger partial charge in [-0.25, -0.2) is 5.43 Å². The van der Waals surface area contributed by atoms with Gasteiger partial charge in [-0.3, -0.25) is 9.89 Å². The summed E-state index contributed by atoms with van der Waals surface area (Å²) in [5, 5.41) is 20.3. The summed E-state index contributed by atoms with van der Waals surface area (Å²) in [7, 11) is 0. The van der Waals surface area contributed by atoms with Gasteiger partial charge < -0.3 is 5.11 Å². The number of hydrogen-bond donors (Lipinski definition) is 3. The second kappa shape index (κ2) is 5.16. The molecule has 2 aromatic rings. The van der Waals surface area contributed by atoms with Crippen molar-refractivity contribution in [1.29, 1.82) is 0 Å². The van der Waals surface area contributed by atoms with Gasteiger partial charge in [0.1, 0.15) is 5.75 Å². The number of hydrazone groups is 1. The molecule has 1 heterocycles. The smallest absolute Gasteiger partial charge is 0.292 e. The van der Waals surface area contributed by atoms with Crippen LogP contribution in [0.3, 0.4) is 0 Å². The van der Waals surface area contributed by atoms with Crippen molar-refractivity contribution in [3.63, 3.8) is 0 Å². The Labute approximate surface area is 115 Å². The molecule has 0 unspecified atom stereocenters. The molecule has 1 aliphatic rings. The van der Waals surface area contributed by atoms with Crippen molar-refractivity contribution in [1.82, 2.24) is 15.6 Å². The number of rotatable bonds is 3. The average Bonchev–Trinajstić information content (AvgIpc) is 3.03. The quantitative estimate of drug-likeness (QED) is 0.581. The number of benzene rings is 1. The highest BCUT2D eigenvalue weighted by Gasteiger charge is 2.22. The van der Waals surface area contributed by atoms with E-state index < -0.39 is 0 Å². The first-order chi connectivity index (χ1) is 9.75. The molecule has 0 saturated carbocycles. The Hall–Kier alpha value is -2.63. The molecule has 3 rings (SSSR count). The molecule has 0 radical (unpaired) electrons. The van der Waals surface area contributed by atoms with Crippen molar-refractivity contribution in [2.24, 2.45) is 5.10 Å². The lowest BCUT2D eigenvalue weighted by atomic mass is 10.2.